The predicted molar refractivity (Wildman–Crippen MR) is 93.6 cm³/mol. The second-order valence-electron chi connectivity index (χ2n) is 5.29. The number of nitrogens with two attached hydrogens (primary N) is 1. The van der Waals surface area contributed by atoms with E-state index in [0.717, 1.165) is 22.3 Å². The third-order valence-electron chi connectivity index (χ3n) is 3.67. The minimum Gasteiger partial charge on any atom is -0.477 e. The van der Waals surface area contributed by atoms with Crippen molar-refractivity contribution in [1.29, 1.82) is 0 Å². The highest BCUT2D eigenvalue weighted by atomic mass is 16.5. The summed E-state index contributed by atoms with van der Waals surface area (Å²) in [4.78, 5) is 11.1. The Morgan fingerprint density at radius 1 is 0.833 bits per heavy atom. The Bertz CT molecular complexity index is 832. The van der Waals surface area contributed by atoms with Crippen LogP contribution in [0.1, 0.15) is 0 Å². The second kappa shape index (κ2) is 6.98. The summed E-state index contributed by atoms with van der Waals surface area (Å²) in [6.45, 7) is 0. The van der Waals surface area contributed by atoms with Crippen LogP contribution in [0.25, 0.3) is 22.3 Å². The molecule has 0 bridgehead atoms. The third-order valence-corrected chi connectivity index (χ3v) is 3.67. The van der Waals surface area contributed by atoms with Gasteiger partial charge in [0.1, 0.15) is 5.75 Å². The van der Waals surface area contributed by atoms with Gasteiger partial charge in [0.25, 0.3) is 0 Å². The Balaban J connectivity index is 2.18. The van der Waals surface area contributed by atoms with Crippen LogP contribution in [0.4, 0.5) is 0 Å². The van der Waals surface area contributed by atoms with Crippen LogP contribution >= 0.6 is 0 Å². The van der Waals surface area contributed by atoms with E-state index in [9.17, 15) is 4.79 Å². The highest BCUT2D eigenvalue weighted by Crippen LogP contribution is 2.39. The molecule has 0 saturated carbocycles. The van der Waals surface area contributed by atoms with Crippen LogP contribution < -0.4 is 10.5 Å². The van der Waals surface area contributed by atoms with Gasteiger partial charge in [-0.3, -0.25) is 5.73 Å². The Kier molecular flexibility index (Phi) is 4.59. The van der Waals surface area contributed by atoms with Crippen molar-refractivity contribution in [3.05, 3.63) is 78.9 Å². The van der Waals surface area contributed by atoms with Crippen LogP contribution in [-0.2, 0) is 4.79 Å². The smallest absolute Gasteiger partial charge is 0.360 e. The fraction of sp³-hybridized carbons (Fsp3) is 0.0500. The molecule has 0 spiro atoms. The Labute approximate surface area is 140 Å². The minimum absolute atomic E-state index is 0.442. The average molecular weight is 319 g/mol. The van der Waals surface area contributed by atoms with E-state index in [4.69, 9.17) is 15.6 Å². The normalized spacial score (nSPS) is 11.7. The first-order valence-electron chi connectivity index (χ1n) is 7.55. The van der Waals surface area contributed by atoms with Crippen LogP contribution in [0.5, 0.6) is 5.75 Å². The zero-order chi connectivity index (χ0) is 16.9. The molecule has 0 fully saturated rings. The van der Waals surface area contributed by atoms with E-state index in [-0.39, 0.29) is 0 Å². The van der Waals surface area contributed by atoms with Crippen molar-refractivity contribution in [1.82, 2.24) is 0 Å². The molecule has 3 rings (SSSR count). The summed E-state index contributed by atoms with van der Waals surface area (Å²) in [5.41, 5.74) is 9.29. The number of hydrogen-bond acceptors (Lipinski definition) is 3. The summed E-state index contributed by atoms with van der Waals surface area (Å²) in [5, 5.41) is 9.04. The first kappa shape index (κ1) is 15.8. The van der Waals surface area contributed by atoms with E-state index >= 15 is 0 Å². The maximum atomic E-state index is 11.1. The van der Waals surface area contributed by atoms with Crippen molar-refractivity contribution in [2.45, 2.75) is 6.23 Å². The van der Waals surface area contributed by atoms with E-state index in [0.29, 0.717) is 5.75 Å². The molecule has 3 N–H and O–H groups in total. The number of rotatable bonds is 5. The van der Waals surface area contributed by atoms with Crippen LogP contribution in [0.2, 0.25) is 0 Å². The molecule has 0 heterocycles. The lowest BCUT2D eigenvalue weighted by atomic mass is 9.94. The molecule has 1 atom stereocenters. The summed E-state index contributed by atoms with van der Waals surface area (Å²) in [6.07, 6.45) is -1.42. The standard InChI is InChI=1S/C20H17NO3/c21-19(20(22)23)24-17-13-7-12-16(14-8-3-1-4-9-14)18(17)15-10-5-2-6-11-15/h1-13,19H,21H2,(H,22,23). The van der Waals surface area contributed by atoms with Gasteiger partial charge in [-0.25, -0.2) is 4.79 Å². The summed E-state index contributed by atoms with van der Waals surface area (Å²) in [7, 11) is 0. The molecule has 4 nitrogen and oxygen atoms in total. The molecule has 120 valence electrons. The molecule has 1 unspecified atom stereocenters. The van der Waals surface area contributed by atoms with E-state index in [2.05, 4.69) is 0 Å². The van der Waals surface area contributed by atoms with E-state index in [1.165, 1.54) is 0 Å². The molecule has 0 aromatic heterocycles. The molecule has 24 heavy (non-hydrogen) atoms. The monoisotopic (exact) mass is 319 g/mol. The predicted octanol–water partition coefficient (Wildman–Crippen LogP) is 3.77. The Morgan fingerprint density at radius 2 is 1.42 bits per heavy atom. The van der Waals surface area contributed by atoms with Crippen LogP contribution in [0.3, 0.4) is 0 Å². The minimum atomic E-state index is -1.42. The van der Waals surface area contributed by atoms with Crippen LogP contribution in [0.15, 0.2) is 78.9 Å². The van der Waals surface area contributed by atoms with E-state index < -0.39 is 12.2 Å². The SMILES string of the molecule is NC(Oc1cccc(-c2ccccc2)c1-c1ccccc1)C(=O)O. The molecular weight excluding hydrogens is 302 g/mol. The molecule has 0 aliphatic rings. The maximum Gasteiger partial charge on any atom is 0.360 e. The second-order valence-corrected chi connectivity index (χ2v) is 5.29. The van der Waals surface area contributed by atoms with Gasteiger partial charge in [-0.15, -0.1) is 0 Å². The van der Waals surface area contributed by atoms with Crippen LogP contribution in [0, 0.1) is 0 Å². The average Bonchev–Trinajstić information content (AvgIpc) is 2.63. The number of carbonyl (C=O) groups is 1. The van der Waals surface area contributed by atoms with Gasteiger partial charge < -0.3 is 9.84 Å². The van der Waals surface area contributed by atoms with Crippen molar-refractivity contribution in [3.63, 3.8) is 0 Å². The van der Waals surface area contributed by atoms with Gasteiger partial charge in [-0.1, -0.05) is 72.8 Å². The zero-order valence-corrected chi connectivity index (χ0v) is 12.9. The van der Waals surface area contributed by atoms with Crippen molar-refractivity contribution in [2.75, 3.05) is 0 Å². The topological polar surface area (TPSA) is 72.5 Å². The molecule has 0 amide bonds. The van der Waals surface area contributed by atoms with E-state index in [1.54, 1.807) is 6.07 Å². The molecule has 4 heteroatoms. The lowest BCUT2D eigenvalue weighted by Crippen LogP contribution is -2.36. The summed E-state index contributed by atoms with van der Waals surface area (Å²) >= 11 is 0. The van der Waals surface area contributed by atoms with Gasteiger partial charge in [-0.05, 0) is 22.8 Å². The van der Waals surface area contributed by atoms with Gasteiger partial charge >= 0.3 is 5.97 Å². The van der Waals surface area contributed by atoms with Crippen LogP contribution in [-0.4, -0.2) is 17.3 Å². The van der Waals surface area contributed by atoms with Gasteiger partial charge in [0.05, 0.1) is 0 Å². The molecule has 0 aliphatic carbocycles. The highest BCUT2D eigenvalue weighted by Gasteiger charge is 2.18. The molecule has 3 aromatic rings. The molecule has 0 radical (unpaired) electrons. The quantitative estimate of drug-likeness (QED) is 0.702. The fourth-order valence-corrected chi connectivity index (χ4v) is 2.58. The van der Waals surface area contributed by atoms with Crippen molar-refractivity contribution in [2.24, 2.45) is 5.73 Å². The van der Waals surface area contributed by atoms with E-state index in [1.807, 2.05) is 72.8 Å². The highest BCUT2D eigenvalue weighted by molar-refractivity contribution is 5.88. The number of carboxylic acid groups (broad SMARTS) is 1. The van der Waals surface area contributed by atoms with Crippen molar-refractivity contribution >= 4 is 5.97 Å². The summed E-state index contributed by atoms with van der Waals surface area (Å²) in [5.74, 6) is -0.767. The number of hydrogen-bond donors (Lipinski definition) is 2. The molecule has 3 aromatic carbocycles. The van der Waals surface area contributed by atoms with Gasteiger partial charge in [0.15, 0.2) is 0 Å². The first-order valence-corrected chi connectivity index (χ1v) is 7.55. The third kappa shape index (κ3) is 3.29. The number of benzene rings is 3. The fourth-order valence-electron chi connectivity index (χ4n) is 2.58. The van der Waals surface area contributed by atoms with Gasteiger partial charge in [-0.2, -0.15) is 0 Å². The zero-order valence-electron chi connectivity index (χ0n) is 12.9. The Morgan fingerprint density at radius 3 is 2.00 bits per heavy atom. The first-order chi connectivity index (χ1) is 11.7. The van der Waals surface area contributed by atoms with Crippen molar-refractivity contribution < 1.29 is 14.6 Å². The Hall–Kier alpha value is -3.11. The number of aliphatic carboxylic acids is 1. The summed E-state index contributed by atoms with van der Waals surface area (Å²) < 4.78 is 5.50. The number of carboxylic acids is 1. The van der Waals surface area contributed by atoms with Crippen molar-refractivity contribution in [3.8, 4) is 28.0 Å². The van der Waals surface area contributed by atoms with Gasteiger partial charge in [0, 0.05) is 5.56 Å². The lowest BCUT2D eigenvalue weighted by Gasteiger charge is -2.18. The number of ether oxygens (including phenoxy) is 1. The van der Waals surface area contributed by atoms with Gasteiger partial charge in [0.2, 0.25) is 6.23 Å². The molecule has 0 saturated heterocycles. The molecule has 0 aliphatic heterocycles. The molecular formula is C20H17NO3. The lowest BCUT2D eigenvalue weighted by molar-refractivity contribution is -0.144. The largest absolute Gasteiger partial charge is 0.477 e. The summed E-state index contributed by atoms with van der Waals surface area (Å²) in [6, 6.07) is 25.1. The maximum absolute atomic E-state index is 11.1.